The van der Waals surface area contributed by atoms with Crippen LogP contribution in [0.5, 0.6) is 0 Å². The number of fused-ring (bicyclic) bond motifs is 3. The van der Waals surface area contributed by atoms with E-state index >= 15 is 0 Å². The lowest BCUT2D eigenvalue weighted by Gasteiger charge is -2.40. The molecule has 1 aliphatic carbocycles. The van der Waals surface area contributed by atoms with Crippen molar-refractivity contribution in [1.82, 2.24) is 0 Å². The van der Waals surface area contributed by atoms with Gasteiger partial charge in [-0.1, -0.05) is 45.4 Å². The van der Waals surface area contributed by atoms with Crippen LogP contribution in [0.2, 0.25) is 16.6 Å². The smallest absolute Gasteiger partial charge is 0.204 e. The van der Waals surface area contributed by atoms with E-state index in [-0.39, 0.29) is 0 Å². The molecule has 0 aromatic rings. The van der Waals surface area contributed by atoms with E-state index in [1.807, 2.05) is 0 Å². The molecule has 2 aliphatic heterocycles. The van der Waals surface area contributed by atoms with E-state index in [4.69, 9.17) is 9.16 Å². The Bertz CT molecular complexity index is 456. The number of hydrogen-bond acceptors (Lipinski definition) is 2. The Morgan fingerprint density at radius 1 is 1.14 bits per heavy atom. The van der Waals surface area contributed by atoms with Gasteiger partial charge in [0.2, 0.25) is 8.32 Å². The predicted molar refractivity (Wildman–Crippen MR) is 89.9 cm³/mol. The van der Waals surface area contributed by atoms with Crippen LogP contribution in [-0.2, 0) is 9.16 Å². The molecule has 2 heterocycles. The lowest BCUT2D eigenvalue weighted by molar-refractivity contribution is 0.163. The zero-order valence-electron chi connectivity index (χ0n) is 14.2. The summed E-state index contributed by atoms with van der Waals surface area (Å²) < 4.78 is 12.5. The standard InChI is InChI=1S/C18H30O2Si/c1-12(2)21(13(3)4)18-8-14(5)6-7-15-9-19-10-16(15)17(18)11-20-21/h7-8,12-13,16-18H,6,9-11H2,1-5H3/b14-8-,15-7-/t16-,17+,18-/m1/s1. The summed E-state index contributed by atoms with van der Waals surface area (Å²) in [6.45, 7) is 14.5. The van der Waals surface area contributed by atoms with Gasteiger partial charge in [0.25, 0.3) is 0 Å². The summed E-state index contributed by atoms with van der Waals surface area (Å²) in [5, 5.41) is 0. The summed E-state index contributed by atoms with van der Waals surface area (Å²) in [5.41, 5.74) is 5.06. The van der Waals surface area contributed by atoms with Crippen molar-refractivity contribution in [3.63, 3.8) is 0 Å². The molecular weight excluding hydrogens is 276 g/mol. The fraction of sp³-hybridized carbons (Fsp3) is 0.778. The molecule has 0 aromatic carbocycles. The van der Waals surface area contributed by atoms with Crippen molar-refractivity contribution in [3.05, 3.63) is 23.3 Å². The molecule has 3 aliphatic rings. The van der Waals surface area contributed by atoms with Crippen molar-refractivity contribution in [3.8, 4) is 0 Å². The van der Waals surface area contributed by atoms with Crippen LogP contribution in [0, 0.1) is 11.8 Å². The Hall–Kier alpha value is -0.383. The highest BCUT2D eigenvalue weighted by atomic mass is 28.4. The molecule has 0 bridgehead atoms. The largest absolute Gasteiger partial charge is 0.415 e. The maximum atomic E-state index is 6.69. The van der Waals surface area contributed by atoms with Gasteiger partial charge in [-0.3, -0.25) is 0 Å². The summed E-state index contributed by atoms with van der Waals surface area (Å²) >= 11 is 0. The molecule has 21 heavy (non-hydrogen) atoms. The molecule has 2 saturated heterocycles. The normalized spacial score (nSPS) is 40.0. The molecule has 0 aromatic heterocycles. The maximum Gasteiger partial charge on any atom is 0.204 e. The molecule has 0 radical (unpaired) electrons. The summed E-state index contributed by atoms with van der Waals surface area (Å²) in [7, 11) is -1.76. The number of hydrogen-bond donors (Lipinski definition) is 0. The zero-order chi connectivity index (χ0) is 15.2. The molecule has 0 unspecified atom stereocenters. The van der Waals surface area contributed by atoms with Gasteiger partial charge in [0.05, 0.1) is 13.2 Å². The minimum Gasteiger partial charge on any atom is -0.415 e. The number of allylic oxidation sites excluding steroid dienone is 3. The van der Waals surface area contributed by atoms with Crippen LogP contribution in [0.3, 0.4) is 0 Å². The molecule has 2 fully saturated rings. The molecule has 3 rings (SSSR count). The van der Waals surface area contributed by atoms with Crippen LogP contribution in [0.4, 0.5) is 0 Å². The molecule has 118 valence electrons. The van der Waals surface area contributed by atoms with Gasteiger partial charge in [-0.15, -0.1) is 0 Å². The minimum absolute atomic E-state index is 0.603. The minimum atomic E-state index is -1.76. The van der Waals surface area contributed by atoms with E-state index in [2.05, 4.69) is 46.8 Å². The Morgan fingerprint density at radius 2 is 1.86 bits per heavy atom. The van der Waals surface area contributed by atoms with E-state index in [0.717, 1.165) is 26.2 Å². The zero-order valence-corrected chi connectivity index (χ0v) is 15.2. The van der Waals surface area contributed by atoms with Crippen molar-refractivity contribution >= 4 is 8.32 Å². The Labute approximate surface area is 130 Å². The third kappa shape index (κ3) is 2.38. The van der Waals surface area contributed by atoms with Crippen LogP contribution in [0.15, 0.2) is 23.3 Å². The predicted octanol–water partition coefficient (Wildman–Crippen LogP) is 4.69. The molecule has 2 nitrogen and oxygen atoms in total. The number of ether oxygens (including phenoxy) is 1. The van der Waals surface area contributed by atoms with Crippen LogP contribution >= 0.6 is 0 Å². The van der Waals surface area contributed by atoms with E-state index in [9.17, 15) is 0 Å². The summed E-state index contributed by atoms with van der Waals surface area (Å²) in [6.07, 6.45) is 6.11. The van der Waals surface area contributed by atoms with E-state index < -0.39 is 8.32 Å². The van der Waals surface area contributed by atoms with Gasteiger partial charge in [0, 0.05) is 18.1 Å². The van der Waals surface area contributed by atoms with Crippen molar-refractivity contribution in [2.45, 2.75) is 57.7 Å². The Kier molecular flexibility index (Phi) is 4.19. The topological polar surface area (TPSA) is 18.5 Å². The average molecular weight is 307 g/mol. The van der Waals surface area contributed by atoms with Gasteiger partial charge >= 0.3 is 0 Å². The van der Waals surface area contributed by atoms with E-state index in [0.29, 0.717) is 28.5 Å². The number of rotatable bonds is 2. The first-order valence-corrected chi connectivity index (χ1v) is 10.7. The maximum absolute atomic E-state index is 6.69. The Morgan fingerprint density at radius 3 is 2.52 bits per heavy atom. The van der Waals surface area contributed by atoms with Crippen molar-refractivity contribution < 1.29 is 9.16 Å². The second-order valence-electron chi connectivity index (χ2n) is 7.78. The van der Waals surface area contributed by atoms with E-state index in [1.54, 1.807) is 5.57 Å². The highest BCUT2D eigenvalue weighted by Gasteiger charge is 2.57. The molecule has 0 amide bonds. The van der Waals surface area contributed by atoms with Crippen LogP contribution in [-0.4, -0.2) is 28.1 Å². The highest BCUT2D eigenvalue weighted by molar-refractivity contribution is 6.78. The summed E-state index contributed by atoms with van der Waals surface area (Å²) in [4.78, 5) is 0. The lowest BCUT2D eigenvalue weighted by Crippen LogP contribution is -2.45. The van der Waals surface area contributed by atoms with Crippen LogP contribution in [0.1, 0.15) is 41.0 Å². The van der Waals surface area contributed by atoms with Crippen LogP contribution < -0.4 is 0 Å². The quantitative estimate of drug-likeness (QED) is 0.544. The molecule has 3 atom stereocenters. The SMILES string of the molecule is C/C1=C/[C@@H]2[C@@H](CO[Si]2(C(C)C)C(C)C)[C@@H]2COC/C2=C/C1. The molecule has 0 N–H and O–H groups in total. The van der Waals surface area contributed by atoms with Crippen molar-refractivity contribution in [1.29, 1.82) is 0 Å². The van der Waals surface area contributed by atoms with Crippen LogP contribution in [0.25, 0.3) is 0 Å². The van der Waals surface area contributed by atoms with Crippen molar-refractivity contribution in [2.75, 3.05) is 19.8 Å². The van der Waals surface area contributed by atoms with Gasteiger partial charge in [-0.25, -0.2) is 0 Å². The third-order valence-electron chi connectivity index (χ3n) is 6.02. The second-order valence-corrected chi connectivity index (χ2v) is 12.8. The fourth-order valence-corrected chi connectivity index (χ4v) is 10.7. The van der Waals surface area contributed by atoms with Gasteiger partial charge in [0.1, 0.15) is 0 Å². The first-order chi connectivity index (χ1) is 9.96. The van der Waals surface area contributed by atoms with Gasteiger partial charge in [-0.2, -0.15) is 0 Å². The summed E-state index contributed by atoms with van der Waals surface area (Å²) in [6, 6.07) is 0. The monoisotopic (exact) mass is 306 g/mol. The third-order valence-corrected chi connectivity index (χ3v) is 11.9. The first kappa shape index (κ1) is 15.5. The van der Waals surface area contributed by atoms with Gasteiger partial charge in [0.15, 0.2) is 0 Å². The molecule has 0 saturated carbocycles. The highest BCUT2D eigenvalue weighted by Crippen LogP contribution is 2.55. The first-order valence-electron chi connectivity index (χ1n) is 8.54. The summed E-state index contributed by atoms with van der Waals surface area (Å²) in [5.74, 6) is 1.25. The molecule has 0 spiro atoms. The fourth-order valence-electron chi connectivity index (χ4n) is 4.96. The Balaban J connectivity index is 2.04. The molecular formula is C18H30O2Si. The van der Waals surface area contributed by atoms with Gasteiger partial charge in [-0.05, 0) is 35.9 Å². The van der Waals surface area contributed by atoms with Crippen molar-refractivity contribution in [2.24, 2.45) is 11.8 Å². The average Bonchev–Trinajstić information content (AvgIpc) is 2.98. The van der Waals surface area contributed by atoms with E-state index in [1.165, 1.54) is 5.57 Å². The molecule has 3 heteroatoms. The second kappa shape index (κ2) is 5.67. The lowest BCUT2D eigenvalue weighted by atomic mass is 9.83. The van der Waals surface area contributed by atoms with Gasteiger partial charge < -0.3 is 9.16 Å².